The number of imidazole rings is 1. The molecule has 0 spiro atoms. The van der Waals surface area contributed by atoms with Crippen LogP contribution in [0.1, 0.15) is 5.69 Å². The number of benzene rings is 1. The molecule has 84 valence electrons. The molecule has 0 fully saturated rings. The highest BCUT2D eigenvalue weighted by molar-refractivity contribution is 9.10. The van der Waals surface area contributed by atoms with Crippen molar-refractivity contribution >= 4 is 21.6 Å². The SMILES string of the molecule is Cc1c(-c2cccc(Br)c2)nc2cnccn12. The Kier molecular flexibility index (Phi) is 2.44. The van der Waals surface area contributed by atoms with Crippen LogP contribution in [0.2, 0.25) is 0 Å². The van der Waals surface area contributed by atoms with Gasteiger partial charge in [0.15, 0.2) is 5.65 Å². The molecule has 1 aromatic carbocycles. The average Bonchev–Trinajstić information content (AvgIpc) is 2.68. The molecule has 2 heterocycles. The monoisotopic (exact) mass is 287 g/mol. The summed E-state index contributed by atoms with van der Waals surface area (Å²) in [5.74, 6) is 0. The van der Waals surface area contributed by atoms with Gasteiger partial charge in [0.1, 0.15) is 0 Å². The fraction of sp³-hybridized carbons (Fsp3) is 0.0769. The van der Waals surface area contributed by atoms with Crippen LogP contribution in [0.3, 0.4) is 0 Å². The highest BCUT2D eigenvalue weighted by Gasteiger charge is 2.09. The zero-order valence-corrected chi connectivity index (χ0v) is 10.8. The van der Waals surface area contributed by atoms with Crippen LogP contribution in [0.25, 0.3) is 16.9 Å². The molecule has 17 heavy (non-hydrogen) atoms. The number of hydrogen-bond acceptors (Lipinski definition) is 2. The van der Waals surface area contributed by atoms with Gasteiger partial charge in [0, 0.05) is 28.1 Å². The minimum Gasteiger partial charge on any atom is -0.301 e. The first-order valence-electron chi connectivity index (χ1n) is 5.30. The number of hydrogen-bond donors (Lipinski definition) is 0. The molecule has 0 aliphatic rings. The Labute approximate surface area is 107 Å². The summed E-state index contributed by atoms with van der Waals surface area (Å²) in [6.07, 6.45) is 5.47. The molecular formula is C13H10BrN3. The third-order valence-corrected chi connectivity index (χ3v) is 3.26. The third kappa shape index (κ3) is 1.74. The van der Waals surface area contributed by atoms with Crippen molar-refractivity contribution in [3.05, 3.63) is 53.0 Å². The third-order valence-electron chi connectivity index (χ3n) is 2.77. The summed E-state index contributed by atoms with van der Waals surface area (Å²) in [6.45, 7) is 2.07. The van der Waals surface area contributed by atoms with Crippen LogP contribution in [-0.2, 0) is 0 Å². The minimum absolute atomic E-state index is 0.875. The van der Waals surface area contributed by atoms with Gasteiger partial charge in [0.05, 0.1) is 11.9 Å². The molecule has 3 aromatic rings. The summed E-state index contributed by atoms with van der Waals surface area (Å²) >= 11 is 3.48. The van der Waals surface area contributed by atoms with Crippen LogP contribution in [-0.4, -0.2) is 14.4 Å². The molecule has 3 nitrogen and oxygen atoms in total. The number of aromatic nitrogens is 3. The van der Waals surface area contributed by atoms with Crippen LogP contribution < -0.4 is 0 Å². The van der Waals surface area contributed by atoms with E-state index >= 15 is 0 Å². The molecule has 0 aliphatic heterocycles. The Hall–Kier alpha value is -1.68. The highest BCUT2D eigenvalue weighted by atomic mass is 79.9. The Morgan fingerprint density at radius 2 is 2.18 bits per heavy atom. The summed E-state index contributed by atoms with van der Waals surface area (Å²) in [7, 11) is 0. The fourth-order valence-electron chi connectivity index (χ4n) is 1.94. The molecule has 0 aliphatic carbocycles. The molecule has 0 unspecified atom stereocenters. The van der Waals surface area contributed by atoms with Gasteiger partial charge in [0.25, 0.3) is 0 Å². The van der Waals surface area contributed by atoms with Crippen LogP contribution in [0, 0.1) is 6.92 Å². The molecule has 0 bridgehead atoms. The van der Waals surface area contributed by atoms with Crippen molar-refractivity contribution in [1.82, 2.24) is 14.4 Å². The van der Waals surface area contributed by atoms with E-state index in [1.165, 1.54) is 0 Å². The van der Waals surface area contributed by atoms with Crippen molar-refractivity contribution < 1.29 is 0 Å². The molecule has 0 atom stereocenters. The van der Waals surface area contributed by atoms with E-state index in [1.54, 1.807) is 12.4 Å². The number of aryl methyl sites for hydroxylation is 1. The lowest BCUT2D eigenvalue weighted by atomic mass is 10.1. The lowest BCUT2D eigenvalue weighted by Crippen LogP contribution is -1.87. The van der Waals surface area contributed by atoms with Gasteiger partial charge in [-0.15, -0.1) is 0 Å². The molecule has 2 aromatic heterocycles. The number of fused-ring (bicyclic) bond motifs is 1. The Balaban J connectivity index is 2.27. The van der Waals surface area contributed by atoms with Gasteiger partial charge < -0.3 is 4.40 Å². The molecule has 3 rings (SSSR count). The van der Waals surface area contributed by atoms with Crippen LogP contribution in [0.15, 0.2) is 47.3 Å². The number of rotatable bonds is 1. The van der Waals surface area contributed by atoms with E-state index in [0.717, 1.165) is 27.1 Å². The molecule has 0 radical (unpaired) electrons. The Morgan fingerprint density at radius 3 is 2.94 bits per heavy atom. The maximum absolute atomic E-state index is 4.60. The first kappa shape index (κ1) is 10.5. The van der Waals surface area contributed by atoms with E-state index in [9.17, 15) is 0 Å². The summed E-state index contributed by atoms with van der Waals surface area (Å²) in [5, 5.41) is 0. The summed E-state index contributed by atoms with van der Waals surface area (Å²) < 4.78 is 3.10. The summed E-state index contributed by atoms with van der Waals surface area (Å²) in [6, 6.07) is 8.16. The second-order valence-electron chi connectivity index (χ2n) is 3.86. The maximum Gasteiger partial charge on any atom is 0.156 e. The average molecular weight is 288 g/mol. The molecule has 4 heteroatoms. The van der Waals surface area contributed by atoms with Crippen LogP contribution in [0.4, 0.5) is 0 Å². The highest BCUT2D eigenvalue weighted by Crippen LogP contribution is 2.25. The van der Waals surface area contributed by atoms with Crippen LogP contribution in [0.5, 0.6) is 0 Å². The predicted octanol–water partition coefficient (Wildman–Crippen LogP) is 3.47. The molecular weight excluding hydrogens is 278 g/mol. The molecule has 0 amide bonds. The molecule has 0 saturated carbocycles. The van der Waals surface area contributed by atoms with E-state index in [-0.39, 0.29) is 0 Å². The normalized spacial score (nSPS) is 10.9. The quantitative estimate of drug-likeness (QED) is 0.686. The summed E-state index contributed by atoms with van der Waals surface area (Å²) in [4.78, 5) is 8.69. The van der Waals surface area contributed by atoms with Gasteiger partial charge in [-0.25, -0.2) is 4.98 Å². The van der Waals surface area contributed by atoms with Gasteiger partial charge in [-0.1, -0.05) is 28.1 Å². The smallest absolute Gasteiger partial charge is 0.156 e. The zero-order chi connectivity index (χ0) is 11.8. The minimum atomic E-state index is 0.875. The van der Waals surface area contributed by atoms with Gasteiger partial charge >= 0.3 is 0 Å². The maximum atomic E-state index is 4.60. The first-order valence-corrected chi connectivity index (χ1v) is 6.09. The van der Waals surface area contributed by atoms with Crippen molar-refractivity contribution in [2.75, 3.05) is 0 Å². The van der Waals surface area contributed by atoms with Crippen molar-refractivity contribution in [2.45, 2.75) is 6.92 Å². The van der Waals surface area contributed by atoms with Crippen molar-refractivity contribution in [1.29, 1.82) is 0 Å². The van der Waals surface area contributed by atoms with Crippen molar-refractivity contribution in [3.63, 3.8) is 0 Å². The standard InChI is InChI=1S/C13H10BrN3/c1-9-13(10-3-2-4-11(14)7-10)16-12-8-15-5-6-17(9)12/h2-8H,1H3. The van der Waals surface area contributed by atoms with Gasteiger partial charge in [-0.05, 0) is 19.1 Å². The van der Waals surface area contributed by atoms with E-state index in [0.29, 0.717) is 0 Å². The second-order valence-corrected chi connectivity index (χ2v) is 4.78. The van der Waals surface area contributed by atoms with Gasteiger partial charge in [-0.3, -0.25) is 4.98 Å². The zero-order valence-electron chi connectivity index (χ0n) is 9.26. The van der Waals surface area contributed by atoms with Gasteiger partial charge in [0.2, 0.25) is 0 Å². The fourth-order valence-corrected chi connectivity index (χ4v) is 2.34. The lowest BCUT2D eigenvalue weighted by Gasteiger charge is -1.99. The topological polar surface area (TPSA) is 30.2 Å². The first-order chi connectivity index (χ1) is 8.25. The largest absolute Gasteiger partial charge is 0.301 e. The molecule has 0 N–H and O–H groups in total. The van der Waals surface area contributed by atoms with Crippen molar-refractivity contribution in [3.8, 4) is 11.3 Å². The molecule has 0 saturated heterocycles. The number of halogens is 1. The Morgan fingerprint density at radius 1 is 1.29 bits per heavy atom. The Bertz CT molecular complexity index is 688. The number of nitrogens with zero attached hydrogens (tertiary/aromatic N) is 3. The van der Waals surface area contributed by atoms with E-state index in [4.69, 9.17) is 0 Å². The lowest BCUT2D eigenvalue weighted by molar-refractivity contribution is 1.08. The summed E-state index contributed by atoms with van der Waals surface area (Å²) in [5.41, 5.74) is 4.11. The second kappa shape index (κ2) is 3.96. The van der Waals surface area contributed by atoms with E-state index < -0.39 is 0 Å². The van der Waals surface area contributed by atoms with E-state index in [2.05, 4.69) is 45.0 Å². The van der Waals surface area contributed by atoms with E-state index in [1.807, 2.05) is 22.7 Å². The predicted molar refractivity (Wildman–Crippen MR) is 70.9 cm³/mol. The van der Waals surface area contributed by atoms with Gasteiger partial charge in [-0.2, -0.15) is 0 Å². The van der Waals surface area contributed by atoms with Crippen molar-refractivity contribution in [2.24, 2.45) is 0 Å². The van der Waals surface area contributed by atoms with Crippen LogP contribution >= 0.6 is 15.9 Å².